The Balaban J connectivity index is 2.34. The van der Waals surface area contributed by atoms with E-state index in [0.29, 0.717) is 5.41 Å². The summed E-state index contributed by atoms with van der Waals surface area (Å²) in [5, 5.41) is 0. The molecular weight excluding hydrogens is 146 g/mol. The molecule has 0 amide bonds. The molecule has 1 aliphatic carbocycles. The fourth-order valence-electron chi connectivity index (χ4n) is 1.74. The lowest BCUT2D eigenvalue weighted by molar-refractivity contribution is 0.704. The van der Waals surface area contributed by atoms with Crippen LogP contribution in [0.3, 0.4) is 0 Å². The van der Waals surface area contributed by atoms with Crippen LogP contribution in [-0.2, 0) is 5.41 Å². The third-order valence-corrected chi connectivity index (χ3v) is 2.87. The SMILES string of the molecule is Cc1cccc(C2(CN)CC2)c1. The Hall–Kier alpha value is -0.820. The van der Waals surface area contributed by atoms with Gasteiger partial charge in [0.1, 0.15) is 0 Å². The zero-order chi connectivity index (χ0) is 8.60. The van der Waals surface area contributed by atoms with Crippen LogP contribution in [0.25, 0.3) is 0 Å². The Morgan fingerprint density at radius 3 is 2.67 bits per heavy atom. The first-order chi connectivity index (χ1) is 5.77. The maximum atomic E-state index is 5.75. The zero-order valence-electron chi connectivity index (χ0n) is 7.51. The summed E-state index contributed by atoms with van der Waals surface area (Å²) in [7, 11) is 0. The molecular formula is C11H15N. The highest BCUT2D eigenvalue weighted by Crippen LogP contribution is 2.47. The maximum absolute atomic E-state index is 5.75. The molecule has 0 radical (unpaired) electrons. The highest BCUT2D eigenvalue weighted by Gasteiger charge is 2.42. The van der Waals surface area contributed by atoms with Gasteiger partial charge in [-0.05, 0) is 25.3 Å². The van der Waals surface area contributed by atoms with Crippen LogP contribution in [0.5, 0.6) is 0 Å². The van der Waals surface area contributed by atoms with E-state index in [9.17, 15) is 0 Å². The van der Waals surface area contributed by atoms with Crippen molar-refractivity contribution in [2.75, 3.05) is 6.54 Å². The molecule has 1 nitrogen and oxygen atoms in total. The van der Waals surface area contributed by atoms with E-state index in [1.54, 1.807) is 0 Å². The average Bonchev–Trinajstić information content (AvgIpc) is 2.84. The lowest BCUT2D eigenvalue weighted by Gasteiger charge is -2.12. The number of hydrogen-bond donors (Lipinski definition) is 1. The second kappa shape index (κ2) is 2.60. The Bertz CT molecular complexity index is 287. The summed E-state index contributed by atoms with van der Waals surface area (Å²) in [5.41, 5.74) is 8.88. The number of aryl methyl sites for hydroxylation is 1. The predicted octanol–water partition coefficient (Wildman–Crippen LogP) is 1.99. The number of rotatable bonds is 2. The minimum absolute atomic E-state index is 0.353. The number of benzene rings is 1. The van der Waals surface area contributed by atoms with E-state index >= 15 is 0 Å². The molecule has 1 aromatic rings. The molecule has 1 saturated carbocycles. The summed E-state index contributed by atoms with van der Waals surface area (Å²) in [6, 6.07) is 8.73. The van der Waals surface area contributed by atoms with Gasteiger partial charge in [0.2, 0.25) is 0 Å². The molecule has 1 fully saturated rings. The van der Waals surface area contributed by atoms with Crippen molar-refractivity contribution in [3.05, 3.63) is 35.4 Å². The van der Waals surface area contributed by atoms with Gasteiger partial charge in [0.15, 0.2) is 0 Å². The minimum atomic E-state index is 0.353. The van der Waals surface area contributed by atoms with Crippen LogP contribution in [0.2, 0.25) is 0 Å². The summed E-state index contributed by atoms with van der Waals surface area (Å²) in [5.74, 6) is 0. The molecule has 64 valence electrons. The summed E-state index contributed by atoms with van der Waals surface area (Å²) >= 11 is 0. The van der Waals surface area contributed by atoms with Gasteiger partial charge >= 0.3 is 0 Å². The highest BCUT2D eigenvalue weighted by atomic mass is 14.7. The molecule has 1 aliphatic rings. The molecule has 0 atom stereocenters. The standard InChI is InChI=1S/C11H15N/c1-9-3-2-4-10(7-9)11(8-12)5-6-11/h2-4,7H,5-6,8,12H2,1H3. The smallest absolute Gasteiger partial charge is 0.00763 e. The summed E-state index contributed by atoms with van der Waals surface area (Å²) in [4.78, 5) is 0. The van der Waals surface area contributed by atoms with Crippen LogP contribution >= 0.6 is 0 Å². The Kier molecular flexibility index (Phi) is 1.69. The zero-order valence-corrected chi connectivity index (χ0v) is 7.51. The quantitative estimate of drug-likeness (QED) is 0.705. The van der Waals surface area contributed by atoms with E-state index in [0.717, 1.165) is 6.54 Å². The highest BCUT2D eigenvalue weighted by molar-refractivity contribution is 5.34. The van der Waals surface area contributed by atoms with Gasteiger partial charge in [-0.15, -0.1) is 0 Å². The molecule has 1 heteroatoms. The van der Waals surface area contributed by atoms with Gasteiger partial charge in [0, 0.05) is 12.0 Å². The number of nitrogens with two attached hydrogens (primary N) is 1. The predicted molar refractivity (Wildman–Crippen MR) is 51.1 cm³/mol. The van der Waals surface area contributed by atoms with Gasteiger partial charge in [-0.1, -0.05) is 29.8 Å². The van der Waals surface area contributed by atoms with E-state index in [2.05, 4.69) is 31.2 Å². The first-order valence-electron chi connectivity index (χ1n) is 4.54. The molecule has 0 saturated heterocycles. The van der Waals surface area contributed by atoms with Crippen LogP contribution in [0.1, 0.15) is 24.0 Å². The van der Waals surface area contributed by atoms with Crippen molar-refractivity contribution in [2.24, 2.45) is 5.73 Å². The third-order valence-electron chi connectivity index (χ3n) is 2.87. The molecule has 12 heavy (non-hydrogen) atoms. The van der Waals surface area contributed by atoms with Crippen LogP contribution in [0, 0.1) is 6.92 Å². The van der Waals surface area contributed by atoms with E-state index < -0.39 is 0 Å². The first kappa shape index (κ1) is 7.81. The Morgan fingerprint density at radius 1 is 1.42 bits per heavy atom. The molecule has 0 aliphatic heterocycles. The largest absolute Gasteiger partial charge is 0.330 e. The average molecular weight is 161 g/mol. The summed E-state index contributed by atoms with van der Waals surface area (Å²) < 4.78 is 0. The van der Waals surface area contributed by atoms with Crippen LogP contribution in [0.4, 0.5) is 0 Å². The van der Waals surface area contributed by atoms with E-state index in [1.807, 2.05) is 0 Å². The van der Waals surface area contributed by atoms with Crippen molar-refractivity contribution in [2.45, 2.75) is 25.2 Å². The fraction of sp³-hybridized carbons (Fsp3) is 0.455. The van der Waals surface area contributed by atoms with Crippen LogP contribution < -0.4 is 5.73 Å². The molecule has 0 spiro atoms. The minimum Gasteiger partial charge on any atom is -0.330 e. The summed E-state index contributed by atoms with van der Waals surface area (Å²) in [6.07, 6.45) is 2.54. The van der Waals surface area contributed by atoms with Crippen molar-refractivity contribution < 1.29 is 0 Å². The Morgan fingerprint density at radius 2 is 2.17 bits per heavy atom. The lowest BCUT2D eigenvalue weighted by atomic mass is 9.95. The molecule has 2 rings (SSSR count). The van der Waals surface area contributed by atoms with Gasteiger partial charge in [0.25, 0.3) is 0 Å². The Labute approximate surface area is 73.6 Å². The van der Waals surface area contributed by atoms with Crippen LogP contribution in [-0.4, -0.2) is 6.54 Å². The second-order valence-electron chi connectivity index (χ2n) is 3.85. The monoisotopic (exact) mass is 161 g/mol. The van der Waals surface area contributed by atoms with Crippen molar-refractivity contribution in [3.8, 4) is 0 Å². The molecule has 0 unspecified atom stereocenters. The van der Waals surface area contributed by atoms with E-state index in [-0.39, 0.29) is 0 Å². The molecule has 0 aromatic heterocycles. The van der Waals surface area contributed by atoms with Crippen LogP contribution in [0.15, 0.2) is 24.3 Å². The number of hydrogen-bond acceptors (Lipinski definition) is 1. The van der Waals surface area contributed by atoms with Gasteiger partial charge in [-0.3, -0.25) is 0 Å². The van der Waals surface area contributed by atoms with Gasteiger partial charge in [-0.25, -0.2) is 0 Å². The summed E-state index contributed by atoms with van der Waals surface area (Å²) in [6.45, 7) is 2.94. The van der Waals surface area contributed by atoms with Gasteiger partial charge in [0.05, 0.1) is 0 Å². The first-order valence-corrected chi connectivity index (χ1v) is 4.54. The lowest BCUT2D eigenvalue weighted by Crippen LogP contribution is -2.19. The molecule has 1 aromatic carbocycles. The van der Waals surface area contributed by atoms with Gasteiger partial charge in [-0.2, -0.15) is 0 Å². The van der Waals surface area contributed by atoms with Crippen molar-refractivity contribution in [3.63, 3.8) is 0 Å². The van der Waals surface area contributed by atoms with E-state index in [1.165, 1.54) is 24.0 Å². The van der Waals surface area contributed by atoms with Crippen molar-refractivity contribution in [1.82, 2.24) is 0 Å². The topological polar surface area (TPSA) is 26.0 Å². The normalized spacial score (nSPS) is 19.2. The second-order valence-corrected chi connectivity index (χ2v) is 3.85. The molecule has 2 N–H and O–H groups in total. The van der Waals surface area contributed by atoms with Gasteiger partial charge < -0.3 is 5.73 Å². The maximum Gasteiger partial charge on any atom is 0.00763 e. The molecule has 0 heterocycles. The molecule has 0 bridgehead atoms. The van der Waals surface area contributed by atoms with Crippen molar-refractivity contribution in [1.29, 1.82) is 0 Å². The fourth-order valence-corrected chi connectivity index (χ4v) is 1.74. The van der Waals surface area contributed by atoms with E-state index in [4.69, 9.17) is 5.73 Å². The third kappa shape index (κ3) is 1.14. The van der Waals surface area contributed by atoms with Crippen molar-refractivity contribution >= 4 is 0 Å².